The van der Waals surface area contributed by atoms with E-state index in [1.54, 1.807) is 43.4 Å². The van der Waals surface area contributed by atoms with E-state index in [1.807, 2.05) is 31.2 Å². The molecule has 35 heavy (non-hydrogen) atoms. The normalized spacial score (nSPS) is 16.1. The van der Waals surface area contributed by atoms with Gasteiger partial charge in [0.05, 0.1) is 31.7 Å². The number of amidine groups is 3. The number of carbonyl (C=O) groups is 1. The average molecular weight is 513 g/mol. The third-order valence-corrected chi connectivity index (χ3v) is 6.57. The molecule has 11 heteroatoms. The number of thioether (sulfide) groups is 1. The third-order valence-electron chi connectivity index (χ3n) is 4.94. The van der Waals surface area contributed by atoms with E-state index in [2.05, 4.69) is 9.39 Å². The van der Waals surface area contributed by atoms with Gasteiger partial charge in [0.15, 0.2) is 16.7 Å². The Labute approximate surface area is 211 Å². The first-order valence-corrected chi connectivity index (χ1v) is 12.5. The zero-order valence-electron chi connectivity index (χ0n) is 19.4. The maximum absolute atomic E-state index is 12.6. The lowest BCUT2D eigenvalue weighted by Gasteiger charge is -2.24. The lowest BCUT2D eigenvalue weighted by molar-refractivity contribution is -0.114. The van der Waals surface area contributed by atoms with Crippen LogP contribution in [0.2, 0.25) is 0 Å². The topological polar surface area (TPSA) is 106 Å². The van der Waals surface area contributed by atoms with Crippen LogP contribution in [0.4, 0.5) is 0 Å². The van der Waals surface area contributed by atoms with Crippen LogP contribution in [0.5, 0.6) is 23.0 Å². The Hall–Kier alpha value is -3.44. The number of nitrogens with zero attached hydrogens (tertiary/aromatic N) is 3. The van der Waals surface area contributed by atoms with Crippen molar-refractivity contribution >= 4 is 51.9 Å². The van der Waals surface area contributed by atoms with Gasteiger partial charge in [-0.1, -0.05) is 24.8 Å². The number of benzene rings is 2. The Morgan fingerprint density at radius 1 is 1.03 bits per heavy atom. The van der Waals surface area contributed by atoms with E-state index in [1.165, 1.54) is 11.8 Å². The lowest BCUT2D eigenvalue weighted by Crippen LogP contribution is -2.41. The van der Waals surface area contributed by atoms with E-state index in [-0.39, 0.29) is 11.4 Å². The fraction of sp³-hybridized carbons (Fsp3) is 0.250. The van der Waals surface area contributed by atoms with Gasteiger partial charge in [-0.2, -0.15) is 9.39 Å². The summed E-state index contributed by atoms with van der Waals surface area (Å²) in [6.07, 6.45) is 1.63. The standard InChI is InChI=1S/C24H24N4O5S2/c1-4-34-24-27-35-23-26-22(29)18(21(25)28(23)24)13-15-5-10-19(20(14-15)31-3)33-12-11-32-17-8-6-16(30-2)7-9-17/h5-10,13-14,25H,4,11-12H2,1-3H3/b18-13-,25-21?. The highest BCUT2D eigenvalue weighted by molar-refractivity contribution is 8.19. The first-order chi connectivity index (χ1) is 17.0. The molecule has 9 nitrogen and oxygen atoms in total. The molecule has 0 unspecified atom stereocenters. The molecule has 2 aliphatic heterocycles. The second-order valence-electron chi connectivity index (χ2n) is 7.12. The Morgan fingerprint density at radius 3 is 2.49 bits per heavy atom. The number of aliphatic imine (C=N–C) groups is 1. The van der Waals surface area contributed by atoms with Crippen molar-refractivity contribution in [1.82, 2.24) is 4.90 Å². The highest BCUT2D eigenvalue weighted by atomic mass is 32.2. The van der Waals surface area contributed by atoms with Crippen LogP contribution in [0.25, 0.3) is 6.08 Å². The first-order valence-electron chi connectivity index (χ1n) is 10.7. The van der Waals surface area contributed by atoms with Crippen LogP contribution in [-0.4, -0.2) is 60.2 Å². The van der Waals surface area contributed by atoms with Gasteiger partial charge in [-0.05, 0) is 53.8 Å². The van der Waals surface area contributed by atoms with Crippen molar-refractivity contribution in [3.8, 4) is 23.0 Å². The van der Waals surface area contributed by atoms with Crippen LogP contribution in [0.1, 0.15) is 12.5 Å². The summed E-state index contributed by atoms with van der Waals surface area (Å²) in [5.41, 5.74) is 0.869. The van der Waals surface area contributed by atoms with Crippen LogP contribution in [0.3, 0.4) is 0 Å². The SMILES string of the molecule is CCSC1=NSC2=NC(=O)/C(=C\c3ccc(OCCOc4ccc(OC)cc4)c(OC)c3)C(=N)N12. The minimum absolute atomic E-state index is 0.0553. The number of rotatable bonds is 9. The number of hydrogen-bond donors (Lipinski definition) is 1. The van der Waals surface area contributed by atoms with Crippen molar-refractivity contribution in [1.29, 1.82) is 5.41 Å². The van der Waals surface area contributed by atoms with Crippen LogP contribution in [0.15, 0.2) is 57.4 Å². The van der Waals surface area contributed by atoms with Gasteiger partial charge in [0.1, 0.15) is 30.5 Å². The predicted octanol–water partition coefficient (Wildman–Crippen LogP) is 4.49. The molecule has 0 aliphatic carbocycles. The van der Waals surface area contributed by atoms with Crippen molar-refractivity contribution in [2.45, 2.75) is 6.92 Å². The summed E-state index contributed by atoms with van der Waals surface area (Å²) in [7, 11) is 3.16. The maximum Gasteiger partial charge on any atom is 0.283 e. The molecular formula is C24H24N4O5S2. The molecular weight excluding hydrogens is 488 g/mol. The number of fused-ring (bicyclic) bond motifs is 1. The van der Waals surface area contributed by atoms with E-state index in [9.17, 15) is 4.79 Å². The van der Waals surface area contributed by atoms with Gasteiger partial charge in [0.2, 0.25) is 5.17 Å². The summed E-state index contributed by atoms with van der Waals surface area (Å²) < 4.78 is 26.4. The van der Waals surface area contributed by atoms with Crippen molar-refractivity contribution in [3.05, 3.63) is 53.6 Å². The molecule has 4 rings (SSSR count). The van der Waals surface area contributed by atoms with E-state index in [0.29, 0.717) is 40.6 Å². The van der Waals surface area contributed by atoms with Gasteiger partial charge in [0, 0.05) is 0 Å². The van der Waals surface area contributed by atoms with E-state index in [0.717, 1.165) is 29.2 Å². The van der Waals surface area contributed by atoms with Crippen molar-refractivity contribution < 1.29 is 23.7 Å². The van der Waals surface area contributed by atoms with E-state index >= 15 is 0 Å². The highest BCUT2D eigenvalue weighted by Crippen LogP contribution is 2.33. The van der Waals surface area contributed by atoms with Gasteiger partial charge in [0.25, 0.3) is 5.91 Å². The molecule has 1 N–H and O–H groups in total. The maximum atomic E-state index is 12.6. The molecule has 0 bridgehead atoms. The minimum atomic E-state index is -0.471. The van der Waals surface area contributed by atoms with Crippen LogP contribution >= 0.6 is 23.7 Å². The largest absolute Gasteiger partial charge is 0.497 e. The van der Waals surface area contributed by atoms with Gasteiger partial charge in [-0.25, -0.2) is 4.90 Å². The summed E-state index contributed by atoms with van der Waals surface area (Å²) >= 11 is 2.61. The third kappa shape index (κ3) is 5.63. The van der Waals surface area contributed by atoms with Gasteiger partial charge in [-0.3, -0.25) is 10.2 Å². The Balaban J connectivity index is 1.42. The van der Waals surface area contributed by atoms with E-state index in [4.69, 9.17) is 24.4 Å². The molecule has 0 atom stereocenters. The lowest BCUT2D eigenvalue weighted by atomic mass is 10.1. The zero-order valence-corrected chi connectivity index (χ0v) is 21.1. The highest BCUT2D eigenvalue weighted by Gasteiger charge is 2.37. The smallest absolute Gasteiger partial charge is 0.283 e. The molecule has 0 radical (unpaired) electrons. The van der Waals surface area contributed by atoms with Gasteiger partial charge in [-0.15, -0.1) is 0 Å². The molecule has 2 aromatic carbocycles. The Morgan fingerprint density at radius 2 is 1.77 bits per heavy atom. The molecule has 0 aromatic heterocycles. The van der Waals surface area contributed by atoms with Crippen molar-refractivity contribution in [2.24, 2.45) is 9.39 Å². The number of ether oxygens (including phenoxy) is 4. The monoisotopic (exact) mass is 512 g/mol. The Kier molecular flexibility index (Phi) is 7.98. The van der Waals surface area contributed by atoms with Crippen LogP contribution in [-0.2, 0) is 4.79 Å². The summed E-state index contributed by atoms with van der Waals surface area (Å²) in [5, 5.41) is 9.64. The predicted molar refractivity (Wildman–Crippen MR) is 140 cm³/mol. The van der Waals surface area contributed by atoms with Gasteiger partial charge >= 0.3 is 0 Å². The molecule has 0 spiro atoms. The molecule has 2 aromatic rings. The molecule has 1 amide bonds. The second kappa shape index (κ2) is 11.3. The minimum Gasteiger partial charge on any atom is -0.497 e. The molecule has 0 saturated heterocycles. The van der Waals surface area contributed by atoms with Crippen LogP contribution < -0.4 is 18.9 Å². The molecule has 2 heterocycles. The number of carbonyl (C=O) groups excluding carboxylic acids is 1. The second-order valence-corrected chi connectivity index (χ2v) is 9.08. The van der Waals surface area contributed by atoms with Crippen LogP contribution in [0, 0.1) is 5.41 Å². The summed E-state index contributed by atoms with van der Waals surface area (Å²) in [5.74, 6) is 2.91. The van der Waals surface area contributed by atoms with Gasteiger partial charge < -0.3 is 18.9 Å². The molecule has 0 fully saturated rings. The summed E-state index contributed by atoms with van der Waals surface area (Å²) in [6.45, 7) is 2.66. The zero-order chi connectivity index (χ0) is 24.8. The molecule has 0 saturated carbocycles. The van der Waals surface area contributed by atoms with Crippen molar-refractivity contribution in [2.75, 3.05) is 33.2 Å². The number of hydrogen-bond acceptors (Lipinski definition) is 9. The number of nitrogens with one attached hydrogen (secondary N) is 1. The number of methoxy groups -OCH3 is 2. The van der Waals surface area contributed by atoms with Crippen molar-refractivity contribution in [3.63, 3.8) is 0 Å². The molecule has 2 aliphatic rings. The fourth-order valence-corrected chi connectivity index (χ4v) is 4.84. The number of amides is 1. The first kappa shape index (κ1) is 24.7. The summed E-state index contributed by atoms with van der Waals surface area (Å²) in [6, 6.07) is 12.6. The summed E-state index contributed by atoms with van der Waals surface area (Å²) in [4.78, 5) is 18.3. The van der Waals surface area contributed by atoms with E-state index < -0.39 is 5.91 Å². The Bertz CT molecular complexity index is 1210. The quantitative estimate of drug-likeness (QED) is 0.298. The molecule has 182 valence electrons. The average Bonchev–Trinajstić information content (AvgIpc) is 3.27. The fourth-order valence-electron chi connectivity index (χ4n) is 3.27.